The van der Waals surface area contributed by atoms with Crippen molar-refractivity contribution in [1.29, 1.82) is 0 Å². The fraction of sp³-hybridized carbons (Fsp3) is 0.217. The van der Waals surface area contributed by atoms with Crippen LogP contribution in [0.5, 0.6) is 11.5 Å². The molecule has 0 aliphatic rings. The van der Waals surface area contributed by atoms with Crippen molar-refractivity contribution < 1.29 is 19.2 Å². The van der Waals surface area contributed by atoms with Crippen LogP contribution in [0, 0.1) is 10.1 Å². The second kappa shape index (κ2) is 10.4. The minimum absolute atomic E-state index is 0.0800. The van der Waals surface area contributed by atoms with Gasteiger partial charge < -0.3 is 14.8 Å². The Labute approximate surface area is 209 Å². The van der Waals surface area contributed by atoms with Gasteiger partial charge in [-0.2, -0.15) is 5.10 Å². The van der Waals surface area contributed by atoms with Gasteiger partial charge in [-0.25, -0.2) is 9.67 Å². The smallest absolute Gasteiger partial charge is 0.286 e. The lowest BCUT2D eigenvalue weighted by Crippen LogP contribution is -2.28. The van der Waals surface area contributed by atoms with E-state index in [-0.39, 0.29) is 35.7 Å². The first kappa shape index (κ1) is 24.7. The number of nitro benzene ring substituents is 1. The van der Waals surface area contributed by atoms with Gasteiger partial charge in [0.1, 0.15) is 17.3 Å². The Morgan fingerprint density at radius 1 is 1.17 bits per heavy atom. The number of amides is 1. The quantitative estimate of drug-likeness (QED) is 0.266. The molecule has 0 fully saturated rings. The Hall–Kier alpha value is -4.45. The zero-order valence-electron chi connectivity index (χ0n) is 19.3. The number of nitro groups is 1. The molecule has 2 aromatic carbocycles. The molecule has 0 spiro atoms. The van der Waals surface area contributed by atoms with E-state index < -0.39 is 16.5 Å². The van der Waals surface area contributed by atoms with Crippen molar-refractivity contribution in [3.05, 3.63) is 85.5 Å². The van der Waals surface area contributed by atoms with Crippen LogP contribution in [0.2, 0.25) is 5.02 Å². The highest BCUT2D eigenvalue weighted by molar-refractivity contribution is 6.30. The fourth-order valence-electron chi connectivity index (χ4n) is 3.63. The fourth-order valence-corrected chi connectivity index (χ4v) is 3.76. The van der Waals surface area contributed by atoms with E-state index >= 15 is 0 Å². The summed E-state index contributed by atoms with van der Waals surface area (Å²) < 4.78 is 13.2. The number of carbonyl (C=O) groups excluding carboxylic acids is 1. The van der Waals surface area contributed by atoms with Crippen LogP contribution >= 0.6 is 11.6 Å². The number of ether oxygens (including phenoxy) is 2. The zero-order valence-corrected chi connectivity index (χ0v) is 20.1. The Morgan fingerprint density at radius 3 is 2.53 bits per heavy atom. The van der Waals surface area contributed by atoms with Gasteiger partial charge in [0, 0.05) is 17.6 Å². The summed E-state index contributed by atoms with van der Waals surface area (Å²) in [5.74, 6) is -0.348. The molecule has 0 saturated heterocycles. The predicted octanol–water partition coefficient (Wildman–Crippen LogP) is 2.65. The number of hydrogen-bond acceptors (Lipinski definition) is 8. The number of halogens is 1. The number of hydrogen-bond donors (Lipinski definition) is 1. The van der Waals surface area contributed by atoms with Gasteiger partial charge in [0.2, 0.25) is 0 Å². The van der Waals surface area contributed by atoms with Crippen molar-refractivity contribution >= 4 is 34.2 Å². The lowest BCUT2D eigenvalue weighted by Gasteiger charge is -2.11. The Balaban J connectivity index is 1.48. The molecule has 0 saturated carbocycles. The molecule has 0 unspecified atom stereocenters. The Bertz CT molecular complexity index is 1500. The summed E-state index contributed by atoms with van der Waals surface area (Å²) in [5.41, 5.74) is 0.399. The van der Waals surface area contributed by atoms with Gasteiger partial charge in [-0.3, -0.25) is 24.3 Å². The lowest BCUT2D eigenvalue weighted by molar-refractivity contribution is -0.385. The number of fused-ring (bicyclic) bond motifs is 1. The lowest BCUT2D eigenvalue weighted by atomic mass is 10.1. The van der Waals surface area contributed by atoms with Gasteiger partial charge in [-0.1, -0.05) is 23.7 Å². The molecular formula is C23H21ClN6O6. The van der Waals surface area contributed by atoms with Crippen molar-refractivity contribution in [3.8, 4) is 11.5 Å². The molecule has 2 aromatic heterocycles. The van der Waals surface area contributed by atoms with E-state index in [0.29, 0.717) is 22.6 Å². The molecule has 2 heterocycles. The number of rotatable bonds is 9. The standard InChI is InChI=1S/C23H21ClN6O6/c1-35-19-9-16(18(30(33)34)10-20(19)36-2)22(31)25-7-8-29-21-17(11-27-29)23(32)28(13-26-21)12-14-3-5-15(24)6-4-14/h3-6,9-11,13H,7-8,12H2,1-2H3,(H,25,31). The molecule has 0 bridgehead atoms. The third-order valence-corrected chi connectivity index (χ3v) is 5.69. The van der Waals surface area contributed by atoms with Gasteiger partial charge in [0.05, 0.1) is 44.5 Å². The Kier molecular flexibility index (Phi) is 7.15. The molecule has 1 N–H and O–H groups in total. The SMILES string of the molecule is COc1cc(C(=O)NCCn2ncc3c(=O)n(Cc4ccc(Cl)cc4)cnc32)c([N+](=O)[O-])cc1OC. The van der Waals surface area contributed by atoms with Crippen molar-refractivity contribution in [2.75, 3.05) is 20.8 Å². The molecule has 4 rings (SSSR count). The van der Waals surface area contributed by atoms with E-state index in [9.17, 15) is 19.7 Å². The van der Waals surface area contributed by atoms with E-state index in [1.807, 2.05) is 12.1 Å². The minimum Gasteiger partial charge on any atom is -0.493 e. The predicted molar refractivity (Wildman–Crippen MR) is 131 cm³/mol. The van der Waals surface area contributed by atoms with Crippen molar-refractivity contribution in [2.45, 2.75) is 13.1 Å². The van der Waals surface area contributed by atoms with Crippen molar-refractivity contribution in [1.82, 2.24) is 24.6 Å². The molecule has 0 radical (unpaired) electrons. The normalized spacial score (nSPS) is 10.9. The first-order chi connectivity index (χ1) is 17.3. The van der Waals surface area contributed by atoms with E-state index in [4.69, 9.17) is 21.1 Å². The maximum absolute atomic E-state index is 12.9. The summed E-state index contributed by atoms with van der Waals surface area (Å²) in [6.07, 6.45) is 2.85. The number of aromatic nitrogens is 4. The van der Waals surface area contributed by atoms with Crippen LogP contribution in [-0.4, -0.2) is 50.9 Å². The topological polar surface area (TPSA) is 143 Å². The highest BCUT2D eigenvalue weighted by Crippen LogP contribution is 2.34. The van der Waals surface area contributed by atoms with Crippen LogP contribution in [0.3, 0.4) is 0 Å². The number of nitrogens with zero attached hydrogens (tertiary/aromatic N) is 5. The van der Waals surface area contributed by atoms with Crippen LogP contribution in [0.15, 0.2) is 53.7 Å². The number of nitrogens with one attached hydrogen (secondary N) is 1. The van der Waals surface area contributed by atoms with E-state index in [2.05, 4.69) is 15.4 Å². The third kappa shape index (κ3) is 4.98. The van der Waals surface area contributed by atoms with Gasteiger partial charge in [0.25, 0.3) is 17.2 Å². The highest BCUT2D eigenvalue weighted by Gasteiger charge is 2.24. The van der Waals surface area contributed by atoms with Crippen LogP contribution in [-0.2, 0) is 13.1 Å². The molecule has 13 heteroatoms. The summed E-state index contributed by atoms with van der Waals surface area (Å²) in [4.78, 5) is 40.7. The molecule has 0 aliphatic heterocycles. The molecule has 186 valence electrons. The molecule has 0 aliphatic carbocycles. The maximum atomic E-state index is 12.9. The largest absolute Gasteiger partial charge is 0.493 e. The second-order valence-corrected chi connectivity index (χ2v) is 8.08. The average molecular weight is 513 g/mol. The van der Waals surface area contributed by atoms with Crippen LogP contribution in [0.1, 0.15) is 15.9 Å². The highest BCUT2D eigenvalue weighted by atomic mass is 35.5. The summed E-state index contributed by atoms with van der Waals surface area (Å²) in [7, 11) is 2.71. The maximum Gasteiger partial charge on any atom is 0.286 e. The first-order valence-electron chi connectivity index (χ1n) is 10.7. The summed E-state index contributed by atoms with van der Waals surface area (Å²) >= 11 is 5.91. The number of methoxy groups -OCH3 is 2. The zero-order chi connectivity index (χ0) is 25.8. The van der Waals surface area contributed by atoms with Gasteiger partial charge in [-0.15, -0.1) is 0 Å². The average Bonchev–Trinajstić information content (AvgIpc) is 3.29. The van der Waals surface area contributed by atoms with Crippen LogP contribution in [0.4, 0.5) is 5.69 Å². The third-order valence-electron chi connectivity index (χ3n) is 5.44. The number of carbonyl (C=O) groups is 1. The molecular weight excluding hydrogens is 492 g/mol. The van der Waals surface area contributed by atoms with Gasteiger partial charge in [0.15, 0.2) is 17.1 Å². The van der Waals surface area contributed by atoms with E-state index in [1.54, 1.807) is 12.1 Å². The van der Waals surface area contributed by atoms with Gasteiger partial charge in [-0.05, 0) is 17.7 Å². The molecule has 4 aromatic rings. The van der Waals surface area contributed by atoms with Gasteiger partial charge >= 0.3 is 0 Å². The first-order valence-corrected chi connectivity index (χ1v) is 11.0. The second-order valence-electron chi connectivity index (χ2n) is 7.65. The van der Waals surface area contributed by atoms with Crippen LogP contribution in [0.25, 0.3) is 11.0 Å². The minimum atomic E-state index is -0.670. The molecule has 12 nitrogen and oxygen atoms in total. The molecule has 36 heavy (non-hydrogen) atoms. The molecule has 1 amide bonds. The summed E-state index contributed by atoms with van der Waals surface area (Å²) in [5, 5.41) is 19.2. The van der Waals surface area contributed by atoms with Crippen LogP contribution < -0.4 is 20.3 Å². The van der Waals surface area contributed by atoms with Crippen molar-refractivity contribution in [3.63, 3.8) is 0 Å². The van der Waals surface area contributed by atoms with Crippen molar-refractivity contribution in [2.24, 2.45) is 0 Å². The molecule has 0 atom stereocenters. The van der Waals surface area contributed by atoms with E-state index in [0.717, 1.165) is 11.6 Å². The summed E-state index contributed by atoms with van der Waals surface area (Å²) in [6.45, 7) is 0.588. The van der Waals surface area contributed by atoms with E-state index in [1.165, 1.54) is 42.1 Å². The monoisotopic (exact) mass is 512 g/mol. The Morgan fingerprint density at radius 2 is 1.86 bits per heavy atom. The summed E-state index contributed by atoms with van der Waals surface area (Å²) in [6, 6.07) is 9.53. The number of benzene rings is 2.